The number of amides is 1. The molecule has 0 fully saturated rings. The predicted molar refractivity (Wildman–Crippen MR) is 147 cm³/mol. The van der Waals surface area contributed by atoms with E-state index >= 15 is 0 Å². The van der Waals surface area contributed by atoms with E-state index in [9.17, 15) is 14.4 Å². The molecule has 2 aliphatic carbocycles. The quantitative estimate of drug-likeness (QED) is 0.504. The number of benzene rings is 2. The van der Waals surface area contributed by atoms with E-state index in [1.165, 1.54) is 0 Å². The van der Waals surface area contributed by atoms with E-state index in [4.69, 9.17) is 14.2 Å². The van der Waals surface area contributed by atoms with Crippen LogP contribution in [0.25, 0.3) is 0 Å². The first-order valence-corrected chi connectivity index (χ1v) is 13.5. The van der Waals surface area contributed by atoms with Crippen LogP contribution in [-0.4, -0.2) is 49.7 Å². The summed E-state index contributed by atoms with van der Waals surface area (Å²) in [6.45, 7) is 2.06. The highest BCUT2D eigenvalue weighted by Gasteiger charge is 2.42. The van der Waals surface area contributed by atoms with Crippen LogP contribution in [0.5, 0.6) is 17.2 Å². The fourth-order valence-electron chi connectivity index (χ4n) is 5.79. The zero-order valence-electron chi connectivity index (χ0n) is 22.7. The number of ketones is 2. The second kappa shape index (κ2) is 11.4. The molecule has 3 aliphatic rings. The number of ether oxygens (including phenoxy) is 3. The molecule has 2 aromatic carbocycles. The van der Waals surface area contributed by atoms with Gasteiger partial charge >= 0.3 is 0 Å². The Kier molecular flexibility index (Phi) is 7.72. The number of allylic oxidation sites excluding steroid dienone is 4. The van der Waals surface area contributed by atoms with E-state index in [2.05, 4.69) is 10.2 Å². The van der Waals surface area contributed by atoms with E-state index in [1.54, 1.807) is 37.4 Å². The molecular formula is C31H34N2O6. The number of hydrogen-bond donors (Lipinski definition) is 1. The van der Waals surface area contributed by atoms with Crippen molar-refractivity contribution in [2.24, 2.45) is 0 Å². The van der Waals surface area contributed by atoms with Gasteiger partial charge in [0.1, 0.15) is 5.75 Å². The summed E-state index contributed by atoms with van der Waals surface area (Å²) in [6, 6.07) is 12.5. The first kappa shape index (κ1) is 26.5. The number of methoxy groups -OCH3 is 1. The highest BCUT2D eigenvalue weighted by molar-refractivity contribution is 6.06. The van der Waals surface area contributed by atoms with Crippen molar-refractivity contribution in [1.82, 2.24) is 4.90 Å². The normalized spacial score (nSPS) is 17.6. The summed E-state index contributed by atoms with van der Waals surface area (Å²) in [5, 5.41) is 2.80. The van der Waals surface area contributed by atoms with Gasteiger partial charge in [0.05, 0.1) is 13.7 Å². The zero-order chi connectivity index (χ0) is 27.5. The van der Waals surface area contributed by atoms with Crippen molar-refractivity contribution in [1.29, 1.82) is 0 Å². The third kappa shape index (κ3) is 5.28. The minimum Gasteiger partial charge on any atom is -0.497 e. The Hall–Kier alpha value is -4.07. The fourth-order valence-corrected chi connectivity index (χ4v) is 5.79. The Morgan fingerprint density at radius 1 is 0.897 bits per heavy atom. The van der Waals surface area contributed by atoms with Crippen LogP contribution in [0.2, 0.25) is 0 Å². The number of anilines is 1. The molecule has 0 atom stereocenters. The molecule has 8 heteroatoms. The molecule has 1 aliphatic heterocycles. The standard InChI is InChI=1S/C31H34N2O6/c1-4-38-27-17-19(11-16-26(27)39-18-28(36)32-20-12-14-21(37-3)15-13-20)29-30-22(7-5-9-24(30)34)33(2)23-8-6-10-25(35)31(23)29/h11-17,29H,4-10,18H2,1-3H3,(H,32,36). The zero-order valence-corrected chi connectivity index (χ0v) is 22.7. The number of Topliss-reactive ketones (excluding diaryl/α,β-unsaturated/α-hetero) is 2. The summed E-state index contributed by atoms with van der Waals surface area (Å²) >= 11 is 0. The fraction of sp³-hybridized carbons (Fsp3) is 0.387. The van der Waals surface area contributed by atoms with Crippen molar-refractivity contribution in [3.8, 4) is 17.2 Å². The molecule has 1 heterocycles. The Morgan fingerprint density at radius 2 is 1.54 bits per heavy atom. The summed E-state index contributed by atoms with van der Waals surface area (Å²) in [6.07, 6.45) is 4.26. The number of nitrogens with one attached hydrogen (secondary N) is 1. The first-order chi connectivity index (χ1) is 18.9. The molecule has 5 rings (SSSR count). The van der Waals surface area contributed by atoms with E-state index in [1.807, 2.05) is 26.1 Å². The molecule has 0 saturated carbocycles. The molecule has 2 aromatic rings. The largest absolute Gasteiger partial charge is 0.497 e. The number of carbonyl (C=O) groups is 3. The van der Waals surface area contributed by atoms with Crippen molar-refractivity contribution in [3.05, 3.63) is 70.6 Å². The van der Waals surface area contributed by atoms with Crippen LogP contribution in [0.1, 0.15) is 56.9 Å². The molecule has 39 heavy (non-hydrogen) atoms. The van der Waals surface area contributed by atoms with Crippen molar-refractivity contribution in [2.75, 3.05) is 32.7 Å². The van der Waals surface area contributed by atoms with Crippen LogP contribution in [0.3, 0.4) is 0 Å². The lowest BCUT2D eigenvalue weighted by atomic mass is 9.71. The number of nitrogens with zero attached hydrogens (tertiary/aromatic N) is 1. The van der Waals surface area contributed by atoms with Crippen molar-refractivity contribution >= 4 is 23.2 Å². The molecule has 8 nitrogen and oxygen atoms in total. The van der Waals surface area contributed by atoms with Crippen LogP contribution in [0, 0.1) is 0 Å². The van der Waals surface area contributed by atoms with E-state index < -0.39 is 5.92 Å². The maximum atomic E-state index is 13.3. The molecule has 0 unspecified atom stereocenters. The van der Waals surface area contributed by atoms with Gasteiger partial charge in [0.2, 0.25) is 0 Å². The third-order valence-electron chi connectivity index (χ3n) is 7.58. The average Bonchev–Trinajstić information content (AvgIpc) is 2.94. The highest BCUT2D eigenvalue weighted by Crippen LogP contribution is 2.49. The van der Waals surface area contributed by atoms with Crippen molar-refractivity contribution < 1.29 is 28.6 Å². The Bertz CT molecular complexity index is 1310. The summed E-state index contributed by atoms with van der Waals surface area (Å²) in [5.41, 5.74) is 4.97. The van der Waals surface area contributed by atoms with Gasteiger partial charge in [0.25, 0.3) is 5.91 Å². The van der Waals surface area contributed by atoms with Crippen molar-refractivity contribution in [3.63, 3.8) is 0 Å². The molecule has 0 aromatic heterocycles. The lowest BCUT2D eigenvalue weighted by Crippen LogP contribution is -2.37. The maximum absolute atomic E-state index is 13.3. The van der Waals surface area contributed by atoms with Gasteiger partial charge in [0, 0.05) is 54.0 Å². The average molecular weight is 531 g/mol. The van der Waals surface area contributed by atoms with E-state index in [0.29, 0.717) is 42.4 Å². The summed E-state index contributed by atoms with van der Waals surface area (Å²) in [5.74, 6) is 1.07. The second-order valence-electron chi connectivity index (χ2n) is 9.97. The lowest BCUT2D eigenvalue weighted by molar-refractivity contribution is -0.118. The molecule has 0 saturated heterocycles. The molecule has 1 N–H and O–H groups in total. The molecular weight excluding hydrogens is 496 g/mol. The van der Waals surface area contributed by atoms with Crippen molar-refractivity contribution in [2.45, 2.75) is 51.4 Å². The molecule has 1 amide bonds. The molecule has 0 spiro atoms. The second-order valence-corrected chi connectivity index (χ2v) is 9.97. The van der Waals surface area contributed by atoms with Gasteiger partial charge in [-0.25, -0.2) is 0 Å². The molecule has 0 radical (unpaired) electrons. The molecule has 204 valence electrons. The number of rotatable bonds is 8. The third-order valence-corrected chi connectivity index (χ3v) is 7.58. The van der Waals surface area contributed by atoms with Crippen LogP contribution in [0.15, 0.2) is 65.0 Å². The monoisotopic (exact) mass is 530 g/mol. The van der Waals surface area contributed by atoms with Crippen LogP contribution in [0.4, 0.5) is 5.69 Å². The van der Waals surface area contributed by atoms with Gasteiger partial charge in [-0.2, -0.15) is 0 Å². The number of hydrogen-bond acceptors (Lipinski definition) is 7. The summed E-state index contributed by atoms with van der Waals surface area (Å²) in [7, 11) is 3.57. The maximum Gasteiger partial charge on any atom is 0.262 e. The number of carbonyl (C=O) groups excluding carboxylic acids is 3. The van der Waals surface area contributed by atoms with Gasteiger partial charge in [-0.1, -0.05) is 6.07 Å². The predicted octanol–water partition coefficient (Wildman–Crippen LogP) is 5.15. The van der Waals surface area contributed by atoms with Gasteiger partial charge in [0.15, 0.2) is 29.7 Å². The van der Waals surface area contributed by atoms with Gasteiger partial charge in [-0.15, -0.1) is 0 Å². The van der Waals surface area contributed by atoms with Gasteiger partial charge < -0.3 is 24.4 Å². The van der Waals surface area contributed by atoms with Crippen LogP contribution >= 0.6 is 0 Å². The summed E-state index contributed by atoms with van der Waals surface area (Å²) in [4.78, 5) is 41.1. The van der Waals surface area contributed by atoms with Crippen LogP contribution in [-0.2, 0) is 14.4 Å². The van der Waals surface area contributed by atoms with E-state index in [0.717, 1.165) is 53.8 Å². The Morgan fingerprint density at radius 3 is 2.13 bits per heavy atom. The van der Waals surface area contributed by atoms with Crippen LogP contribution < -0.4 is 19.5 Å². The first-order valence-electron chi connectivity index (χ1n) is 13.5. The Balaban J connectivity index is 1.42. The Labute approximate surface area is 228 Å². The minimum atomic E-state index is -0.418. The van der Waals surface area contributed by atoms with Gasteiger partial charge in [-0.3, -0.25) is 14.4 Å². The topological polar surface area (TPSA) is 94.2 Å². The van der Waals surface area contributed by atoms with E-state index in [-0.39, 0.29) is 24.1 Å². The smallest absolute Gasteiger partial charge is 0.262 e. The lowest BCUT2D eigenvalue weighted by Gasteiger charge is -2.42. The molecule has 0 bridgehead atoms. The SMILES string of the molecule is CCOc1cc(C2C3=C(CCCC3=O)N(C)C3=C2C(=O)CCC3)ccc1OCC(=O)Nc1ccc(OC)cc1. The highest BCUT2D eigenvalue weighted by atomic mass is 16.5. The summed E-state index contributed by atoms with van der Waals surface area (Å²) < 4.78 is 16.9. The van der Waals surface area contributed by atoms with Gasteiger partial charge in [-0.05, 0) is 74.6 Å². The minimum absolute atomic E-state index is 0.103.